The second kappa shape index (κ2) is 6.96. The topological polar surface area (TPSA) is 73.2 Å². The van der Waals surface area contributed by atoms with Crippen LogP contribution in [-0.4, -0.2) is 31.3 Å². The Morgan fingerprint density at radius 3 is 2.75 bits per heavy atom. The van der Waals surface area contributed by atoms with Gasteiger partial charge in [-0.05, 0) is 17.7 Å². The third kappa shape index (κ3) is 4.16. The van der Waals surface area contributed by atoms with E-state index < -0.39 is 27.4 Å². The molecule has 0 saturated heterocycles. The van der Waals surface area contributed by atoms with Crippen LogP contribution in [0.3, 0.4) is 0 Å². The molecule has 1 aliphatic heterocycles. The maximum Gasteiger partial charge on any atom is 0.215 e. The van der Waals surface area contributed by atoms with E-state index in [-0.39, 0.29) is 12.1 Å². The number of ether oxygens (including phenoxy) is 1. The molecule has 2 heterocycles. The lowest BCUT2D eigenvalue weighted by Gasteiger charge is -2.15. The molecule has 0 radical (unpaired) electrons. The van der Waals surface area contributed by atoms with E-state index in [0.29, 0.717) is 25.8 Å². The summed E-state index contributed by atoms with van der Waals surface area (Å²) in [6.07, 6.45) is 2.46. The lowest BCUT2D eigenvalue weighted by Crippen LogP contribution is -2.29. The fraction of sp³-hybridized carbons (Fsp3) is 0.400. The quantitative estimate of drug-likeness (QED) is 0.847. The van der Waals surface area contributed by atoms with Gasteiger partial charge in [-0.1, -0.05) is 0 Å². The van der Waals surface area contributed by atoms with Crippen LogP contribution in [-0.2, 0) is 40.1 Å². The van der Waals surface area contributed by atoms with Crippen LogP contribution in [0.5, 0.6) is 0 Å². The van der Waals surface area contributed by atoms with E-state index in [1.54, 1.807) is 10.9 Å². The molecule has 1 N–H and O–H groups in total. The summed E-state index contributed by atoms with van der Waals surface area (Å²) >= 11 is 0. The molecule has 0 amide bonds. The van der Waals surface area contributed by atoms with Crippen molar-refractivity contribution in [2.24, 2.45) is 0 Å². The number of nitrogens with zero attached hydrogens (tertiary/aromatic N) is 2. The molecule has 2 aromatic rings. The largest absolute Gasteiger partial charge is 0.376 e. The van der Waals surface area contributed by atoms with Crippen LogP contribution in [0.15, 0.2) is 24.4 Å². The summed E-state index contributed by atoms with van der Waals surface area (Å²) in [5.74, 6) is -2.08. The first-order valence-corrected chi connectivity index (χ1v) is 9.12. The monoisotopic (exact) mass is 357 g/mol. The van der Waals surface area contributed by atoms with Gasteiger partial charge >= 0.3 is 0 Å². The summed E-state index contributed by atoms with van der Waals surface area (Å²) in [6, 6.07) is 2.71. The highest BCUT2D eigenvalue weighted by Crippen LogP contribution is 2.16. The van der Waals surface area contributed by atoms with Crippen LogP contribution in [0.2, 0.25) is 0 Å². The molecule has 0 unspecified atom stereocenters. The predicted octanol–water partition coefficient (Wildman–Crippen LogP) is 1.35. The molecule has 0 aliphatic carbocycles. The zero-order valence-electron chi connectivity index (χ0n) is 12.8. The Labute approximate surface area is 138 Å². The first-order valence-electron chi connectivity index (χ1n) is 7.46. The number of aromatic nitrogens is 2. The lowest BCUT2D eigenvalue weighted by molar-refractivity contribution is 0.109. The standard InChI is InChI=1S/C15H17F2N3O3S/c16-13-5-11(6-14(17)7-13)10-24(21,22)19-2-3-20-15-1-4-23-9-12(15)8-18-20/h5-8,19H,1-4,9-10H2. The summed E-state index contributed by atoms with van der Waals surface area (Å²) in [6.45, 7) is 1.67. The van der Waals surface area contributed by atoms with E-state index in [2.05, 4.69) is 9.82 Å². The molecule has 6 nitrogen and oxygen atoms in total. The minimum Gasteiger partial charge on any atom is -0.376 e. The van der Waals surface area contributed by atoms with Crippen molar-refractivity contribution in [2.45, 2.75) is 25.3 Å². The van der Waals surface area contributed by atoms with E-state index in [1.807, 2.05) is 0 Å². The Hall–Kier alpha value is -1.84. The van der Waals surface area contributed by atoms with Crippen molar-refractivity contribution in [1.82, 2.24) is 14.5 Å². The highest BCUT2D eigenvalue weighted by Gasteiger charge is 2.16. The Balaban J connectivity index is 1.58. The van der Waals surface area contributed by atoms with Crippen molar-refractivity contribution in [3.05, 3.63) is 52.9 Å². The number of hydrogen-bond acceptors (Lipinski definition) is 4. The van der Waals surface area contributed by atoms with E-state index >= 15 is 0 Å². The van der Waals surface area contributed by atoms with Crippen LogP contribution in [0, 0.1) is 11.6 Å². The molecular formula is C15H17F2N3O3S. The van der Waals surface area contributed by atoms with E-state index in [1.165, 1.54) is 0 Å². The number of halogens is 2. The van der Waals surface area contributed by atoms with Crippen molar-refractivity contribution < 1.29 is 21.9 Å². The average Bonchev–Trinajstić information content (AvgIpc) is 2.89. The molecule has 0 atom stereocenters. The molecule has 1 aromatic carbocycles. The third-order valence-electron chi connectivity index (χ3n) is 3.70. The van der Waals surface area contributed by atoms with Crippen molar-refractivity contribution in [2.75, 3.05) is 13.2 Å². The van der Waals surface area contributed by atoms with Crippen LogP contribution in [0.25, 0.3) is 0 Å². The summed E-state index contributed by atoms with van der Waals surface area (Å²) in [5.41, 5.74) is 2.13. The van der Waals surface area contributed by atoms with Crippen LogP contribution < -0.4 is 4.72 Å². The number of benzene rings is 1. The van der Waals surface area contributed by atoms with Crippen LogP contribution in [0.1, 0.15) is 16.8 Å². The van der Waals surface area contributed by atoms with Crippen molar-refractivity contribution in [3.8, 4) is 0 Å². The van der Waals surface area contributed by atoms with Crippen molar-refractivity contribution >= 4 is 10.0 Å². The number of nitrogens with one attached hydrogen (secondary N) is 1. The van der Waals surface area contributed by atoms with Gasteiger partial charge in [0.2, 0.25) is 10.0 Å². The molecule has 0 bridgehead atoms. The Kier molecular flexibility index (Phi) is 4.93. The van der Waals surface area contributed by atoms with Gasteiger partial charge in [0, 0.05) is 30.3 Å². The minimum absolute atomic E-state index is 0.0635. The fourth-order valence-corrected chi connectivity index (χ4v) is 3.78. The van der Waals surface area contributed by atoms with Crippen LogP contribution >= 0.6 is 0 Å². The lowest BCUT2D eigenvalue weighted by atomic mass is 10.2. The van der Waals surface area contributed by atoms with Crippen LogP contribution in [0.4, 0.5) is 8.78 Å². The molecule has 1 aromatic heterocycles. The second-order valence-electron chi connectivity index (χ2n) is 5.57. The molecule has 0 saturated carbocycles. The maximum atomic E-state index is 13.1. The first-order chi connectivity index (χ1) is 11.4. The number of rotatable bonds is 6. The third-order valence-corrected chi connectivity index (χ3v) is 5.06. The Morgan fingerprint density at radius 1 is 1.25 bits per heavy atom. The number of fused-ring (bicyclic) bond motifs is 1. The summed E-state index contributed by atoms with van der Waals surface area (Å²) in [4.78, 5) is 0. The smallest absolute Gasteiger partial charge is 0.215 e. The summed E-state index contributed by atoms with van der Waals surface area (Å²) in [7, 11) is -3.69. The van der Waals surface area contributed by atoms with Gasteiger partial charge in [-0.3, -0.25) is 4.68 Å². The van der Waals surface area contributed by atoms with E-state index in [0.717, 1.165) is 29.8 Å². The molecular weight excluding hydrogens is 340 g/mol. The minimum atomic E-state index is -3.69. The first kappa shape index (κ1) is 17.0. The molecule has 9 heteroatoms. The summed E-state index contributed by atoms with van der Waals surface area (Å²) < 4.78 is 59.8. The average molecular weight is 357 g/mol. The van der Waals surface area contributed by atoms with Gasteiger partial charge in [-0.2, -0.15) is 5.10 Å². The number of sulfonamides is 1. The van der Waals surface area contributed by atoms with Gasteiger partial charge in [-0.25, -0.2) is 21.9 Å². The Bertz CT molecular complexity index is 816. The molecule has 0 fully saturated rings. The maximum absolute atomic E-state index is 13.1. The number of hydrogen-bond donors (Lipinski definition) is 1. The molecule has 0 spiro atoms. The molecule has 3 rings (SSSR count). The zero-order chi connectivity index (χ0) is 17.2. The van der Waals surface area contributed by atoms with Gasteiger partial charge in [0.05, 0.1) is 31.7 Å². The van der Waals surface area contributed by atoms with Gasteiger partial charge in [0.15, 0.2) is 0 Å². The zero-order valence-corrected chi connectivity index (χ0v) is 13.7. The van der Waals surface area contributed by atoms with Crippen molar-refractivity contribution in [1.29, 1.82) is 0 Å². The van der Waals surface area contributed by atoms with Crippen molar-refractivity contribution in [3.63, 3.8) is 0 Å². The normalized spacial score (nSPS) is 14.6. The molecule has 24 heavy (non-hydrogen) atoms. The molecule has 130 valence electrons. The van der Waals surface area contributed by atoms with Gasteiger partial charge < -0.3 is 4.74 Å². The Morgan fingerprint density at radius 2 is 2.00 bits per heavy atom. The molecule has 1 aliphatic rings. The van der Waals surface area contributed by atoms with Gasteiger partial charge in [-0.15, -0.1) is 0 Å². The predicted molar refractivity (Wildman–Crippen MR) is 82.6 cm³/mol. The second-order valence-corrected chi connectivity index (χ2v) is 7.38. The SMILES string of the molecule is O=S(=O)(Cc1cc(F)cc(F)c1)NCCn1ncc2c1CCOC2. The highest BCUT2D eigenvalue weighted by molar-refractivity contribution is 7.88. The van der Waals surface area contributed by atoms with E-state index in [4.69, 9.17) is 4.74 Å². The van der Waals surface area contributed by atoms with Gasteiger partial charge in [0.25, 0.3) is 0 Å². The summed E-state index contributed by atoms with van der Waals surface area (Å²) in [5, 5.41) is 4.23. The fourth-order valence-electron chi connectivity index (χ4n) is 2.67. The van der Waals surface area contributed by atoms with E-state index in [9.17, 15) is 17.2 Å². The van der Waals surface area contributed by atoms with Gasteiger partial charge in [0.1, 0.15) is 11.6 Å². The highest BCUT2D eigenvalue weighted by atomic mass is 32.2.